The average Bonchev–Trinajstić information content (AvgIpc) is 3.90. The first kappa shape index (κ1) is 41.4. The van der Waals surface area contributed by atoms with Crippen LogP contribution in [0.15, 0.2) is 213 Å². The molecule has 0 bridgehead atoms. The van der Waals surface area contributed by atoms with Crippen LogP contribution in [0.1, 0.15) is 16.7 Å². The number of nitrogens with zero attached hydrogens (tertiary/aromatic N) is 5. The van der Waals surface area contributed by atoms with Crippen LogP contribution in [0.4, 0.5) is 13.2 Å². The number of para-hydroxylation sites is 2. The molecule has 0 aliphatic carbocycles. The normalized spacial score (nSPS) is 11.8. The third-order valence-electron chi connectivity index (χ3n) is 13.2. The molecule has 12 rings (SSSR count). The van der Waals surface area contributed by atoms with Crippen LogP contribution in [-0.2, 0) is 6.18 Å². The van der Waals surface area contributed by atoms with Gasteiger partial charge in [-0.15, -0.1) is 0 Å². The van der Waals surface area contributed by atoms with Crippen molar-refractivity contribution in [3.05, 3.63) is 229 Å². The van der Waals surface area contributed by atoms with Gasteiger partial charge in [0.25, 0.3) is 0 Å². The fraction of sp³-hybridized carbons (Fsp3) is 0.0328. The SMILES string of the molecule is Cc1cccc(C(F)(F)F)c1-c1cc(-n2c3ccccc3c3cc(-c4ccc(-c5ccccc5)nc4)ccc32)c(C#N)c(-n2c3ccccc3c3cc(-c4ccc(-c5ccccc5)nc4)ccc32)c1. The van der Waals surface area contributed by atoms with Crippen LogP contribution in [0.5, 0.6) is 0 Å². The first-order valence-corrected chi connectivity index (χ1v) is 22.6. The predicted molar refractivity (Wildman–Crippen MR) is 272 cm³/mol. The zero-order chi connectivity index (χ0) is 46.8. The highest BCUT2D eigenvalue weighted by atomic mass is 19.4. The number of hydrogen-bond donors (Lipinski definition) is 0. The number of aryl methyl sites for hydroxylation is 1. The van der Waals surface area contributed by atoms with Gasteiger partial charge >= 0.3 is 6.18 Å². The largest absolute Gasteiger partial charge is 0.417 e. The van der Waals surface area contributed by atoms with Crippen molar-refractivity contribution in [1.82, 2.24) is 19.1 Å². The molecular weight excluding hydrogens is 860 g/mol. The summed E-state index contributed by atoms with van der Waals surface area (Å²) in [6.07, 6.45) is -0.899. The first-order chi connectivity index (χ1) is 33.7. The van der Waals surface area contributed by atoms with Crippen molar-refractivity contribution < 1.29 is 13.2 Å². The Morgan fingerprint density at radius 3 is 1.32 bits per heavy atom. The second-order valence-corrected chi connectivity index (χ2v) is 17.3. The number of nitriles is 1. The molecule has 0 atom stereocenters. The fourth-order valence-electron chi connectivity index (χ4n) is 10.0. The zero-order valence-corrected chi connectivity index (χ0v) is 37.1. The highest BCUT2D eigenvalue weighted by Crippen LogP contribution is 2.45. The highest BCUT2D eigenvalue weighted by Gasteiger charge is 2.35. The van der Waals surface area contributed by atoms with Crippen molar-refractivity contribution >= 4 is 43.6 Å². The van der Waals surface area contributed by atoms with Gasteiger partial charge in [-0.3, -0.25) is 9.97 Å². The van der Waals surface area contributed by atoms with Gasteiger partial charge in [-0.2, -0.15) is 18.4 Å². The molecule has 0 fully saturated rings. The van der Waals surface area contributed by atoms with Crippen LogP contribution in [0.3, 0.4) is 0 Å². The maximum atomic E-state index is 15.1. The van der Waals surface area contributed by atoms with Crippen LogP contribution >= 0.6 is 0 Å². The summed E-state index contributed by atoms with van der Waals surface area (Å²) in [5.41, 5.74) is 12.1. The van der Waals surface area contributed by atoms with Gasteiger partial charge in [0.05, 0.1) is 50.4 Å². The summed E-state index contributed by atoms with van der Waals surface area (Å²) in [7, 11) is 0. The van der Waals surface area contributed by atoms with E-state index in [0.29, 0.717) is 28.1 Å². The number of hydrogen-bond acceptors (Lipinski definition) is 3. The van der Waals surface area contributed by atoms with E-state index in [1.165, 1.54) is 6.07 Å². The smallest absolute Gasteiger partial charge is 0.308 e. The summed E-state index contributed by atoms with van der Waals surface area (Å²) in [6, 6.07) is 66.9. The Morgan fingerprint density at radius 1 is 0.420 bits per heavy atom. The molecule has 0 aliphatic rings. The minimum absolute atomic E-state index is 0.0565. The van der Waals surface area contributed by atoms with Gasteiger partial charge in [-0.05, 0) is 101 Å². The number of aromatic nitrogens is 4. The van der Waals surface area contributed by atoms with E-state index in [0.717, 1.165) is 94.4 Å². The monoisotopic (exact) mass is 897 g/mol. The molecule has 0 saturated carbocycles. The Bertz CT molecular complexity index is 3770. The van der Waals surface area contributed by atoms with Crippen LogP contribution in [-0.4, -0.2) is 19.1 Å². The minimum atomic E-state index is -4.65. The van der Waals surface area contributed by atoms with Gasteiger partial charge in [-0.25, -0.2) is 0 Å². The third-order valence-corrected chi connectivity index (χ3v) is 13.2. The lowest BCUT2D eigenvalue weighted by Crippen LogP contribution is -2.10. The molecule has 69 heavy (non-hydrogen) atoms. The van der Waals surface area contributed by atoms with E-state index in [9.17, 15) is 5.26 Å². The van der Waals surface area contributed by atoms with Gasteiger partial charge in [0, 0.05) is 56.2 Å². The summed E-state index contributed by atoms with van der Waals surface area (Å²) in [4.78, 5) is 9.59. The molecule has 0 aliphatic heterocycles. The van der Waals surface area contributed by atoms with Gasteiger partial charge in [0.15, 0.2) is 0 Å². The van der Waals surface area contributed by atoms with E-state index in [1.54, 1.807) is 25.1 Å². The number of benzene rings is 8. The number of alkyl halides is 3. The van der Waals surface area contributed by atoms with Crippen molar-refractivity contribution in [2.24, 2.45) is 0 Å². The topological polar surface area (TPSA) is 59.4 Å². The van der Waals surface area contributed by atoms with Crippen molar-refractivity contribution in [3.63, 3.8) is 0 Å². The van der Waals surface area contributed by atoms with E-state index in [2.05, 4.69) is 30.3 Å². The van der Waals surface area contributed by atoms with Gasteiger partial charge < -0.3 is 9.13 Å². The van der Waals surface area contributed by atoms with Gasteiger partial charge in [0.2, 0.25) is 0 Å². The van der Waals surface area contributed by atoms with Crippen molar-refractivity contribution in [2.75, 3.05) is 0 Å². The number of halogens is 3. The van der Waals surface area contributed by atoms with E-state index in [4.69, 9.17) is 9.97 Å². The quantitative estimate of drug-likeness (QED) is 0.160. The summed E-state index contributed by atoms with van der Waals surface area (Å²) >= 11 is 0. The predicted octanol–water partition coefficient (Wildman–Crippen LogP) is 16.2. The third kappa shape index (κ3) is 7.02. The Kier molecular flexibility index (Phi) is 9.82. The molecular formula is C61H38F3N5. The van der Waals surface area contributed by atoms with Gasteiger partial charge in [-0.1, -0.05) is 133 Å². The van der Waals surface area contributed by atoms with E-state index >= 15 is 13.2 Å². The molecule has 328 valence electrons. The standard InChI is InChI=1S/C61H38F3N5/c1-38-13-12-20-51(61(62,63)64)60(38)45-33-58(68-54-21-10-8-18-46(54)48-31-41(25-29-56(48)68)43-23-27-52(66-36-43)39-14-4-2-5-15-39)50(35-65)59(34-45)69-55-22-11-9-19-47(55)49-32-42(26-30-57(49)69)44-24-28-53(67-37-44)40-16-6-3-7-17-40/h2-34,36-37H,1H3. The molecule has 0 saturated heterocycles. The molecule has 0 radical (unpaired) electrons. The molecule has 0 N–H and O–H groups in total. The Morgan fingerprint density at radius 2 is 0.870 bits per heavy atom. The Labute approximate surface area is 395 Å². The van der Waals surface area contributed by atoms with Crippen LogP contribution in [0, 0.1) is 18.3 Å². The lowest BCUT2D eigenvalue weighted by molar-refractivity contribution is -0.137. The number of fused-ring (bicyclic) bond motifs is 6. The maximum absolute atomic E-state index is 15.1. The molecule has 4 aromatic heterocycles. The van der Waals surface area contributed by atoms with Crippen LogP contribution in [0.25, 0.3) is 111 Å². The number of pyridine rings is 2. The Hall–Kier alpha value is -9.06. The second-order valence-electron chi connectivity index (χ2n) is 17.3. The number of rotatable bonds is 7. The second kappa shape index (κ2) is 16.4. The minimum Gasteiger partial charge on any atom is -0.308 e. The average molecular weight is 898 g/mol. The molecule has 0 unspecified atom stereocenters. The first-order valence-electron chi connectivity index (χ1n) is 22.6. The maximum Gasteiger partial charge on any atom is 0.417 e. The Balaban J connectivity index is 1.09. The molecule has 5 nitrogen and oxygen atoms in total. The van der Waals surface area contributed by atoms with Crippen molar-refractivity contribution in [2.45, 2.75) is 13.1 Å². The van der Waals surface area contributed by atoms with E-state index < -0.39 is 11.7 Å². The summed E-state index contributed by atoms with van der Waals surface area (Å²) in [5.74, 6) is 0. The van der Waals surface area contributed by atoms with Crippen LogP contribution in [0.2, 0.25) is 0 Å². The van der Waals surface area contributed by atoms with E-state index in [1.807, 2.05) is 167 Å². The summed E-state index contributed by atoms with van der Waals surface area (Å²) in [5, 5.41) is 15.2. The van der Waals surface area contributed by atoms with Crippen molar-refractivity contribution in [1.29, 1.82) is 5.26 Å². The molecule has 0 spiro atoms. The molecule has 0 amide bonds. The van der Waals surface area contributed by atoms with Crippen molar-refractivity contribution in [3.8, 4) is 73.3 Å². The lowest BCUT2D eigenvalue weighted by Gasteiger charge is -2.21. The summed E-state index contributed by atoms with van der Waals surface area (Å²) in [6.45, 7) is 1.70. The highest BCUT2D eigenvalue weighted by molar-refractivity contribution is 6.12. The molecule has 12 aromatic rings. The van der Waals surface area contributed by atoms with E-state index in [-0.39, 0.29) is 5.56 Å². The fourth-order valence-corrected chi connectivity index (χ4v) is 10.0. The molecule has 4 heterocycles. The van der Waals surface area contributed by atoms with Gasteiger partial charge in [0.1, 0.15) is 11.6 Å². The van der Waals surface area contributed by atoms with Crippen LogP contribution < -0.4 is 0 Å². The zero-order valence-electron chi connectivity index (χ0n) is 37.1. The molecule has 8 aromatic carbocycles. The summed E-state index contributed by atoms with van der Waals surface area (Å²) < 4.78 is 49.5. The lowest BCUT2D eigenvalue weighted by atomic mass is 9.92. The molecule has 8 heteroatoms.